The van der Waals surface area contributed by atoms with Gasteiger partial charge in [-0.15, -0.1) is 0 Å². The normalized spacial score (nSPS) is 11.0. The maximum absolute atomic E-state index is 13.7. The lowest BCUT2D eigenvalue weighted by molar-refractivity contribution is -0.385. The number of nitro groups is 1. The van der Waals surface area contributed by atoms with Gasteiger partial charge in [0, 0.05) is 6.07 Å². The largest absolute Gasteiger partial charge is 0.429 e. The fourth-order valence-corrected chi connectivity index (χ4v) is 4.40. The second kappa shape index (κ2) is 6.69. The number of nitrogens with zero attached hydrogens (tertiary/aromatic N) is 1. The van der Waals surface area contributed by atoms with Crippen molar-refractivity contribution in [2.24, 2.45) is 0 Å². The first kappa shape index (κ1) is 16.0. The fourth-order valence-electron chi connectivity index (χ4n) is 2.33. The molecule has 0 aliphatic carbocycles. The van der Waals surface area contributed by atoms with Gasteiger partial charge in [0.2, 0.25) is 5.75 Å². The van der Waals surface area contributed by atoms with Crippen LogP contribution >= 0.6 is 7.37 Å². The quantitative estimate of drug-likeness (QED) is 0.401. The third-order valence-corrected chi connectivity index (χ3v) is 5.89. The SMILES string of the molecule is O=[N+]([O-])c1ccccc1OP(=O)(c1ccccc1)c1ccccc1. The van der Waals surface area contributed by atoms with Gasteiger partial charge >= 0.3 is 13.1 Å². The Kier molecular flexibility index (Phi) is 4.45. The Labute approximate surface area is 139 Å². The number of hydrogen-bond acceptors (Lipinski definition) is 4. The standard InChI is InChI=1S/C18H14NO4P/c20-19(21)17-13-7-8-14-18(17)23-24(22,15-9-3-1-4-10-15)16-11-5-2-6-12-16/h1-14H. The molecule has 0 atom stereocenters. The van der Waals surface area contributed by atoms with Gasteiger partial charge in [-0.05, 0) is 30.3 Å². The zero-order valence-corrected chi connectivity index (χ0v) is 13.5. The summed E-state index contributed by atoms with van der Waals surface area (Å²) >= 11 is 0. The van der Waals surface area contributed by atoms with E-state index in [9.17, 15) is 14.7 Å². The molecule has 0 bridgehead atoms. The Morgan fingerprint density at radius 3 is 1.71 bits per heavy atom. The van der Waals surface area contributed by atoms with Crippen LogP contribution in [-0.2, 0) is 4.57 Å². The number of hydrogen-bond donors (Lipinski definition) is 0. The zero-order valence-electron chi connectivity index (χ0n) is 12.6. The van der Waals surface area contributed by atoms with Gasteiger partial charge in [-0.25, -0.2) is 0 Å². The molecule has 0 aliphatic heterocycles. The van der Waals surface area contributed by atoms with Gasteiger partial charge in [-0.3, -0.25) is 14.7 Å². The molecule has 5 nitrogen and oxygen atoms in total. The minimum atomic E-state index is -3.52. The van der Waals surface area contributed by atoms with Gasteiger partial charge in [-0.2, -0.15) is 0 Å². The second-order valence-corrected chi connectivity index (χ2v) is 7.36. The second-order valence-electron chi connectivity index (χ2n) is 5.04. The Hall–Kier alpha value is -2.91. The summed E-state index contributed by atoms with van der Waals surface area (Å²) in [5.74, 6) is -0.0152. The molecule has 3 rings (SSSR count). The van der Waals surface area contributed by atoms with Crippen molar-refractivity contribution in [1.29, 1.82) is 0 Å². The van der Waals surface area contributed by atoms with E-state index < -0.39 is 12.3 Å². The predicted molar refractivity (Wildman–Crippen MR) is 93.5 cm³/mol. The van der Waals surface area contributed by atoms with E-state index in [2.05, 4.69) is 0 Å². The molecule has 0 heterocycles. The first-order chi connectivity index (χ1) is 11.6. The van der Waals surface area contributed by atoms with Crippen LogP contribution < -0.4 is 15.1 Å². The molecular weight excluding hydrogens is 325 g/mol. The van der Waals surface area contributed by atoms with Crippen LogP contribution in [0.4, 0.5) is 5.69 Å². The molecule has 0 aromatic heterocycles. The van der Waals surface area contributed by atoms with Gasteiger partial charge in [0.05, 0.1) is 15.5 Å². The summed E-state index contributed by atoms with van der Waals surface area (Å²) in [5, 5.41) is 12.2. The van der Waals surface area contributed by atoms with E-state index in [1.807, 2.05) is 12.1 Å². The van der Waals surface area contributed by atoms with E-state index >= 15 is 0 Å². The van der Waals surface area contributed by atoms with Gasteiger partial charge in [-0.1, -0.05) is 48.5 Å². The molecule has 120 valence electrons. The molecule has 0 spiro atoms. The minimum Gasteiger partial charge on any atom is -0.429 e. The molecule has 0 aliphatic rings. The molecular formula is C18H14NO4P. The number of rotatable bonds is 5. The maximum Gasteiger partial charge on any atom is 0.311 e. The van der Waals surface area contributed by atoms with Crippen molar-refractivity contribution in [2.75, 3.05) is 0 Å². The van der Waals surface area contributed by atoms with E-state index in [0.717, 1.165) is 0 Å². The van der Waals surface area contributed by atoms with Gasteiger partial charge < -0.3 is 4.52 Å². The highest BCUT2D eigenvalue weighted by Gasteiger charge is 2.32. The molecule has 0 N–H and O–H groups in total. The van der Waals surface area contributed by atoms with E-state index in [4.69, 9.17) is 4.52 Å². The lowest BCUT2D eigenvalue weighted by Crippen LogP contribution is -2.20. The van der Waals surface area contributed by atoms with Crippen LogP contribution in [0.15, 0.2) is 84.9 Å². The number of para-hydroxylation sites is 2. The van der Waals surface area contributed by atoms with Crippen LogP contribution in [0.5, 0.6) is 5.75 Å². The van der Waals surface area contributed by atoms with Crippen LogP contribution in [0.3, 0.4) is 0 Å². The van der Waals surface area contributed by atoms with Gasteiger partial charge in [0.25, 0.3) is 0 Å². The van der Waals surface area contributed by atoms with Crippen molar-refractivity contribution in [3.8, 4) is 5.75 Å². The third-order valence-electron chi connectivity index (χ3n) is 3.48. The molecule has 0 unspecified atom stereocenters. The summed E-state index contributed by atoms with van der Waals surface area (Å²) in [5.41, 5.74) is -0.218. The highest BCUT2D eigenvalue weighted by atomic mass is 31.2. The van der Waals surface area contributed by atoms with Crippen molar-refractivity contribution in [1.82, 2.24) is 0 Å². The van der Waals surface area contributed by atoms with Crippen LogP contribution in [0.2, 0.25) is 0 Å². The first-order valence-corrected chi connectivity index (χ1v) is 8.88. The van der Waals surface area contributed by atoms with E-state index in [1.165, 1.54) is 12.1 Å². The predicted octanol–water partition coefficient (Wildman–Crippen LogP) is 3.90. The van der Waals surface area contributed by atoms with Crippen molar-refractivity contribution < 1.29 is 14.0 Å². The average molecular weight is 339 g/mol. The molecule has 0 saturated heterocycles. The lowest BCUT2D eigenvalue weighted by atomic mass is 10.3. The topological polar surface area (TPSA) is 69.4 Å². The monoisotopic (exact) mass is 339 g/mol. The maximum atomic E-state index is 13.7. The van der Waals surface area contributed by atoms with Crippen LogP contribution in [0.25, 0.3) is 0 Å². The summed E-state index contributed by atoms with van der Waals surface area (Å²) < 4.78 is 19.5. The molecule has 24 heavy (non-hydrogen) atoms. The minimum absolute atomic E-state index is 0.0152. The molecule has 0 fully saturated rings. The summed E-state index contributed by atoms with van der Waals surface area (Å²) in [4.78, 5) is 10.7. The van der Waals surface area contributed by atoms with E-state index in [1.54, 1.807) is 60.7 Å². The van der Waals surface area contributed by atoms with Crippen molar-refractivity contribution in [3.63, 3.8) is 0 Å². The Bertz CT molecular complexity index is 854. The highest BCUT2D eigenvalue weighted by molar-refractivity contribution is 7.74. The summed E-state index contributed by atoms with van der Waals surface area (Å²) in [6, 6.07) is 23.4. The van der Waals surface area contributed by atoms with Crippen molar-refractivity contribution in [2.45, 2.75) is 0 Å². The zero-order chi connectivity index (χ0) is 17.0. The Morgan fingerprint density at radius 1 is 0.750 bits per heavy atom. The van der Waals surface area contributed by atoms with E-state index in [-0.39, 0.29) is 11.4 Å². The fraction of sp³-hybridized carbons (Fsp3) is 0. The molecule has 0 saturated carbocycles. The van der Waals surface area contributed by atoms with Crippen LogP contribution in [0, 0.1) is 10.1 Å². The molecule has 3 aromatic rings. The molecule has 6 heteroatoms. The summed E-state index contributed by atoms with van der Waals surface area (Å²) in [6.45, 7) is 0. The van der Waals surface area contributed by atoms with Crippen LogP contribution in [0.1, 0.15) is 0 Å². The average Bonchev–Trinajstić information content (AvgIpc) is 2.63. The van der Waals surface area contributed by atoms with Crippen LogP contribution in [-0.4, -0.2) is 4.92 Å². The summed E-state index contributed by atoms with van der Waals surface area (Å²) in [7, 11) is -3.52. The Morgan fingerprint density at radius 2 is 1.21 bits per heavy atom. The molecule has 0 radical (unpaired) electrons. The number of benzene rings is 3. The van der Waals surface area contributed by atoms with Gasteiger partial charge in [0.1, 0.15) is 0 Å². The first-order valence-electron chi connectivity index (χ1n) is 7.25. The van der Waals surface area contributed by atoms with Gasteiger partial charge in [0.15, 0.2) is 0 Å². The van der Waals surface area contributed by atoms with E-state index in [0.29, 0.717) is 10.6 Å². The molecule has 3 aromatic carbocycles. The number of nitro benzene ring substituents is 1. The third kappa shape index (κ3) is 3.07. The highest BCUT2D eigenvalue weighted by Crippen LogP contribution is 2.47. The summed E-state index contributed by atoms with van der Waals surface area (Å²) in [6.07, 6.45) is 0. The van der Waals surface area contributed by atoms with Crippen molar-refractivity contribution in [3.05, 3.63) is 95.0 Å². The smallest absolute Gasteiger partial charge is 0.311 e. The molecule has 0 amide bonds. The van der Waals surface area contributed by atoms with Crippen molar-refractivity contribution >= 4 is 23.7 Å². The lowest BCUT2D eigenvalue weighted by Gasteiger charge is -2.20. The Balaban J connectivity index is 2.15.